The third-order valence-electron chi connectivity index (χ3n) is 4.30. The molecule has 0 radical (unpaired) electrons. The molecule has 0 atom stereocenters. The SMILES string of the molecule is CCOc1ccc(C(=C(C#N)CCCC(=O)OC)c2ccc(OC)cc2)cc1. The van der Waals surface area contributed by atoms with E-state index >= 15 is 0 Å². The fourth-order valence-electron chi connectivity index (χ4n) is 2.91. The Morgan fingerprint density at radius 3 is 1.96 bits per heavy atom. The number of nitrogens with zero attached hydrogens (tertiary/aromatic N) is 1. The number of ether oxygens (including phenoxy) is 3. The fourth-order valence-corrected chi connectivity index (χ4v) is 2.91. The highest BCUT2D eigenvalue weighted by Gasteiger charge is 2.14. The van der Waals surface area contributed by atoms with Crippen LogP contribution in [0.25, 0.3) is 5.57 Å². The summed E-state index contributed by atoms with van der Waals surface area (Å²) >= 11 is 0. The number of methoxy groups -OCH3 is 2. The molecule has 0 heterocycles. The molecule has 5 nitrogen and oxygen atoms in total. The lowest BCUT2D eigenvalue weighted by Gasteiger charge is -2.13. The second-order valence-electron chi connectivity index (χ2n) is 6.08. The third kappa shape index (κ3) is 5.62. The molecular formula is C23H25NO4. The van der Waals surface area contributed by atoms with Crippen molar-refractivity contribution in [2.24, 2.45) is 0 Å². The predicted octanol–water partition coefficient (Wildman–Crippen LogP) is 4.76. The molecule has 0 aromatic heterocycles. The van der Waals surface area contributed by atoms with Gasteiger partial charge in [-0.15, -0.1) is 0 Å². The van der Waals surface area contributed by atoms with Crippen LogP contribution in [-0.4, -0.2) is 26.8 Å². The fraction of sp³-hybridized carbons (Fsp3) is 0.304. The average Bonchev–Trinajstić information content (AvgIpc) is 2.74. The zero-order valence-electron chi connectivity index (χ0n) is 16.5. The van der Waals surface area contributed by atoms with Crippen molar-refractivity contribution in [2.75, 3.05) is 20.8 Å². The van der Waals surface area contributed by atoms with Crippen molar-refractivity contribution in [3.8, 4) is 17.6 Å². The summed E-state index contributed by atoms with van der Waals surface area (Å²) in [6.07, 6.45) is 1.31. The molecule has 0 aliphatic heterocycles. The van der Waals surface area contributed by atoms with Crippen LogP contribution in [0, 0.1) is 11.3 Å². The van der Waals surface area contributed by atoms with Crippen molar-refractivity contribution < 1.29 is 19.0 Å². The molecule has 0 saturated heterocycles. The van der Waals surface area contributed by atoms with Gasteiger partial charge in [0, 0.05) is 17.6 Å². The Morgan fingerprint density at radius 1 is 0.929 bits per heavy atom. The average molecular weight is 379 g/mol. The molecule has 2 rings (SSSR count). The third-order valence-corrected chi connectivity index (χ3v) is 4.30. The first-order valence-corrected chi connectivity index (χ1v) is 9.20. The molecule has 0 bridgehead atoms. The maximum absolute atomic E-state index is 11.4. The van der Waals surface area contributed by atoms with Gasteiger partial charge in [-0.2, -0.15) is 5.26 Å². The summed E-state index contributed by atoms with van der Waals surface area (Å²) in [6, 6.07) is 17.6. The van der Waals surface area contributed by atoms with Gasteiger partial charge in [0.25, 0.3) is 0 Å². The molecule has 0 aliphatic carbocycles. The van der Waals surface area contributed by atoms with Gasteiger partial charge >= 0.3 is 5.97 Å². The van der Waals surface area contributed by atoms with Crippen LogP contribution in [0.5, 0.6) is 11.5 Å². The summed E-state index contributed by atoms with van der Waals surface area (Å²) in [5, 5.41) is 9.81. The number of esters is 1. The number of nitriles is 1. The summed E-state index contributed by atoms with van der Waals surface area (Å²) in [5.41, 5.74) is 3.30. The van der Waals surface area contributed by atoms with E-state index in [4.69, 9.17) is 14.2 Å². The molecule has 2 aromatic rings. The molecule has 0 aliphatic rings. The van der Waals surface area contributed by atoms with Crippen LogP contribution in [-0.2, 0) is 9.53 Å². The number of hydrogen-bond acceptors (Lipinski definition) is 5. The van der Waals surface area contributed by atoms with Gasteiger partial charge in [-0.25, -0.2) is 0 Å². The zero-order chi connectivity index (χ0) is 20.4. The summed E-state index contributed by atoms with van der Waals surface area (Å²) in [6.45, 7) is 2.53. The van der Waals surface area contributed by atoms with E-state index in [1.807, 2.05) is 55.5 Å². The summed E-state index contributed by atoms with van der Waals surface area (Å²) in [5.74, 6) is 1.26. The number of rotatable bonds is 9. The molecule has 0 fully saturated rings. The summed E-state index contributed by atoms with van der Waals surface area (Å²) in [7, 11) is 2.98. The predicted molar refractivity (Wildman–Crippen MR) is 108 cm³/mol. The molecule has 146 valence electrons. The smallest absolute Gasteiger partial charge is 0.305 e. The Balaban J connectivity index is 2.43. The molecule has 0 N–H and O–H groups in total. The minimum absolute atomic E-state index is 0.274. The van der Waals surface area contributed by atoms with Gasteiger partial charge in [-0.1, -0.05) is 24.3 Å². The van der Waals surface area contributed by atoms with Crippen molar-refractivity contribution in [1.29, 1.82) is 5.26 Å². The van der Waals surface area contributed by atoms with Gasteiger partial charge in [0.2, 0.25) is 0 Å². The lowest BCUT2D eigenvalue weighted by Crippen LogP contribution is -2.01. The highest BCUT2D eigenvalue weighted by molar-refractivity contribution is 5.84. The molecule has 0 saturated carbocycles. The van der Waals surface area contributed by atoms with Crippen LogP contribution in [0.1, 0.15) is 37.3 Å². The largest absolute Gasteiger partial charge is 0.497 e. The second-order valence-corrected chi connectivity index (χ2v) is 6.08. The van der Waals surface area contributed by atoms with E-state index in [0.717, 1.165) is 28.2 Å². The maximum Gasteiger partial charge on any atom is 0.305 e. The highest BCUT2D eigenvalue weighted by Crippen LogP contribution is 2.31. The molecule has 0 spiro atoms. The number of allylic oxidation sites excluding steroid dienone is 1. The van der Waals surface area contributed by atoms with Gasteiger partial charge in [0.1, 0.15) is 11.5 Å². The first-order valence-electron chi connectivity index (χ1n) is 9.20. The second kappa shape index (κ2) is 10.8. The molecular weight excluding hydrogens is 354 g/mol. The molecule has 2 aromatic carbocycles. The Bertz CT molecular complexity index is 846. The Hall–Kier alpha value is -3.26. The van der Waals surface area contributed by atoms with E-state index in [9.17, 15) is 10.1 Å². The number of carbonyl (C=O) groups excluding carboxylic acids is 1. The van der Waals surface area contributed by atoms with Gasteiger partial charge in [0.05, 0.1) is 26.9 Å². The maximum atomic E-state index is 11.4. The van der Waals surface area contributed by atoms with E-state index < -0.39 is 0 Å². The van der Waals surface area contributed by atoms with E-state index in [-0.39, 0.29) is 12.4 Å². The van der Waals surface area contributed by atoms with Gasteiger partial charge in [-0.05, 0) is 55.2 Å². The first-order chi connectivity index (χ1) is 13.6. The van der Waals surface area contributed by atoms with Crippen molar-refractivity contribution in [3.63, 3.8) is 0 Å². The standard InChI is InChI=1S/C23H25NO4/c1-4-28-21-14-10-18(11-15-21)23(17-8-12-20(26-2)13-9-17)19(16-24)6-5-7-22(25)27-3/h8-15H,4-7H2,1-3H3. The van der Waals surface area contributed by atoms with Crippen LogP contribution in [0.2, 0.25) is 0 Å². The molecule has 5 heteroatoms. The van der Waals surface area contributed by atoms with E-state index in [0.29, 0.717) is 25.0 Å². The first kappa shape index (κ1) is 21.0. The van der Waals surface area contributed by atoms with E-state index in [1.54, 1.807) is 7.11 Å². The zero-order valence-corrected chi connectivity index (χ0v) is 16.5. The lowest BCUT2D eigenvalue weighted by atomic mass is 9.91. The van der Waals surface area contributed by atoms with Gasteiger partial charge in [-0.3, -0.25) is 4.79 Å². The number of benzene rings is 2. The topological polar surface area (TPSA) is 68.5 Å². The number of carbonyl (C=O) groups is 1. The molecule has 28 heavy (non-hydrogen) atoms. The van der Waals surface area contributed by atoms with Crippen LogP contribution >= 0.6 is 0 Å². The van der Waals surface area contributed by atoms with Crippen LogP contribution in [0.3, 0.4) is 0 Å². The lowest BCUT2D eigenvalue weighted by molar-refractivity contribution is -0.140. The normalized spacial score (nSPS) is 11.2. The van der Waals surface area contributed by atoms with Crippen LogP contribution < -0.4 is 9.47 Å². The van der Waals surface area contributed by atoms with E-state index in [2.05, 4.69) is 6.07 Å². The minimum Gasteiger partial charge on any atom is -0.497 e. The van der Waals surface area contributed by atoms with Gasteiger partial charge in [0.15, 0.2) is 0 Å². The summed E-state index contributed by atoms with van der Waals surface area (Å²) < 4.78 is 15.4. The van der Waals surface area contributed by atoms with Gasteiger partial charge < -0.3 is 14.2 Å². The number of hydrogen-bond donors (Lipinski definition) is 0. The quantitative estimate of drug-likeness (QED) is 0.464. The summed E-state index contributed by atoms with van der Waals surface area (Å²) in [4.78, 5) is 11.4. The van der Waals surface area contributed by atoms with Crippen molar-refractivity contribution in [3.05, 3.63) is 65.2 Å². The Morgan fingerprint density at radius 2 is 1.50 bits per heavy atom. The Labute approximate surface area is 166 Å². The minimum atomic E-state index is -0.274. The highest BCUT2D eigenvalue weighted by atomic mass is 16.5. The van der Waals surface area contributed by atoms with Crippen molar-refractivity contribution >= 4 is 11.5 Å². The van der Waals surface area contributed by atoms with E-state index in [1.165, 1.54) is 7.11 Å². The van der Waals surface area contributed by atoms with Crippen LogP contribution in [0.15, 0.2) is 54.1 Å². The monoisotopic (exact) mass is 379 g/mol. The molecule has 0 amide bonds. The van der Waals surface area contributed by atoms with Crippen LogP contribution in [0.4, 0.5) is 0 Å². The Kier molecular flexibility index (Phi) is 8.11. The van der Waals surface area contributed by atoms with Crippen molar-refractivity contribution in [1.82, 2.24) is 0 Å². The van der Waals surface area contributed by atoms with Crippen molar-refractivity contribution in [2.45, 2.75) is 26.2 Å². The molecule has 0 unspecified atom stereocenters.